The molecular formula is C20H24N2O3. The van der Waals surface area contributed by atoms with Crippen LogP contribution in [-0.2, 0) is 4.74 Å². The lowest BCUT2D eigenvalue weighted by Crippen LogP contribution is -2.50. The van der Waals surface area contributed by atoms with Crippen LogP contribution >= 0.6 is 0 Å². The molecule has 1 saturated heterocycles. The number of aliphatic hydroxyl groups excluding tert-OH is 1. The number of ether oxygens (including phenoxy) is 1. The first-order valence-corrected chi connectivity index (χ1v) is 8.92. The number of carbonyl (C=O) groups excluding carboxylic acids is 1. The van der Waals surface area contributed by atoms with Gasteiger partial charge in [0.15, 0.2) is 0 Å². The van der Waals surface area contributed by atoms with E-state index >= 15 is 0 Å². The van der Waals surface area contributed by atoms with E-state index in [1.165, 1.54) is 0 Å². The fourth-order valence-electron chi connectivity index (χ4n) is 4.16. The van der Waals surface area contributed by atoms with Crippen LogP contribution in [0.3, 0.4) is 0 Å². The van der Waals surface area contributed by atoms with Gasteiger partial charge < -0.3 is 14.7 Å². The number of anilines is 1. The standard InChI is InChI=1S/C20H24N2O3/c1-13-9-21(10-14(2)25-13)11-16(23)12-22-18-8-4-6-15-5-3-7-17(19(15)18)20(22)24/h3-8,13-14,16,23H,9-12H2,1-2H3/t13-,14+,16-/m1/s1. The van der Waals surface area contributed by atoms with Crippen LogP contribution in [-0.4, -0.2) is 60.4 Å². The van der Waals surface area contributed by atoms with Crippen LogP contribution in [0, 0.1) is 0 Å². The molecule has 0 spiro atoms. The zero-order valence-corrected chi connectivity index (χ0v) is 14.7. The monoisotopic (exact) mass is 340 g/mol. The molecule has 25 heavy (non-hydrogen) atoms. The number of nitrogens with zero attached hydrogens (tertiary/aromatic N) is 2. The molecule has 0 bridgehead atoms. The number of β-amino-alcohol motifs (C(OH)–C–C–N with tert-alkyl or cyclic N) is 1. The molecule has 2 aliphatic heterocycles. The Labute approximate surface area is 147 Å². The number of hydrogen-bond acceptors (Lipinski definition) is 4. The number of hydrogen-bond donors (Lipinski definition) is 1. The molecule has 0 unspecified atom stereocenters. The van der Waals surface area contributed by atoms with Crippen molar-refractivity contribution in [3.8, 4) is 0 Å². The third-order valence-corrected chi connectivity index (χ3v) is 5.01. The van der Waals surface area contributed by atoms with Crippen LogP contribution in [0.2, 0.25) is 0 Å². The highest BCUT2D eigenvalue weighted by Gasteiger charge is 2.32. The van der Waals surface area contributed by atoms with Gasteiger partial charge in [-0.15, -0.1) is 0 Å². The SMILES string of the molecule is C[C@@H]1CN(C[C@@H](O)CN2C(=O)c3cccc4cccc2c34)C[C@H](C)O1. The number of amides is 1. The number of aliphatic hydroxyl groups is 1. The van der Waals surface area contributed by atoms with Gasteiger partial charge in [0.1, 0.15) is 0 Å². The highest BCUT2D eigenvalue weighted by atomic mass is 16.5. The molecule has 3 atom stereocenters. The number of morpholine rings is 1. The molecule has 4 rings (SSSR count). The van der Waals surface area contributed by atoms with Gasteiger partial charge in [0, 0.05) is 30.6 Å². The molecule has 0 aliphatic carbocycles. The van der Waals surface area contributed by atoms with E-state index in [-0.39, 0.29) is 18.1 Å². The number of rotatable bonds is 4. The summed E-state index contributed by atoms with van der Waals surface area (Å²) in [6.45, 7) is 6.59. The quantitative estimate of drug-likeness (QED) is 0.928. The minimum Gasteiger partial charge on any atom is -0.390 e. The summed E-state index contributed by atoms with van der Waals surface area (Å²) < 4.78 is 5.74. The normalized spacial score (nSPS) is 24.9. The topological polar surface area (TPSA) is 53.0 Å². The molecular weight excluding hydrogens is 316 g/mol. The van der Waals surface area contributed by atoms with Crippen LogP contribution < -0.4 is 4.90 Å². The Bertz CT molecular complexity index is 791. The Morgan fingerprint density at radius 3 is 2.52 bits per heavy atom. The fourth-order valence-corrected chi connectivity index (χ4v) is 4.16. The van der Waals surface area contributed by atoms with Gasteiger partial charge in [-0.3, -0.25) is 9.69 Å². The summed E-state index contributed by atoms with van der Waals surface area (Å²) in [5.41, 5.74) is 1.63. The molecule has 0 aromatic heterocycles. The van der Waals surface area contributed by atoms with E-state index in [4.69, 9.17) is 4.74 Å². The van der Waals surface area contributed by atoms with Gasteiger partial charge in [-0.05, 0) is 31.4 Å². The molecule has 2 heterocycles. The van der Waals surface area contributed by atoms with E-state index in [0.717, 1.165) is 35.1 Å². The molecule has 2 aliphatic rings. The van der Waals surface area contributed by atoms with Crippen LogP contribution in [0.5, 0.6) is 0 Å². The summed E-state index contributed by atoms with van der Waals surface area (Å²) in [5, 5.41) is 12.7. The fraction of sp³-hybridized carbons (Fsp3) is 0.450. The molecule has 0 saturated carbocycles. The van der Waals surface area contributed by atoms with Crippen molar-refractivity contribution in [2.24, 2.45) is 0 Å². The summed E-state index contributed by atoms with van der Waals surface area (Å²) in [5.74, 6) is -0.0189. The van der Waals surface area contributed by atoms with Crippen molar-refractivity contribution in [1.82, 2.24) is 4.90 Å². The maximum atomic E-state index is 12.8. The molecule has 0 radical (unpaired) electrons. The molecule has 1 fully saturated rings. The van der Waals surface area contributed by atoms with Gasteiger partial charge in [-0.1, -0.05) is 24.3 Å². The zero-order valence-electron chi connectivity index (χ0n) is 14.7. The van der Waals surface area contributed by atoms with E-state index in [1.54, 1.807) is 4.90 Å². The zero-order chi connectivity index (χ0) is 17.6. The maximum Gasteiger partial charge on any atom is 0.259 e. The van der Waals surface area contributed by atoms with Crippen molar-refractivity contribution < 1.29 is 14.6 Å². The molecule has 5 heteroatoms. The van der Waals surface area contributed by atoms with Crippen LogP contribution in [0.4, 0.5) is 5.69 Å². The van der Waals surface area contributed by atoms with E-state index in [0.29, 0.717) is 13.1 Å². The Hall–Kier alpha value is -1.95. The number of carbonyl (C=O) groups is 1. The summed E-state index contributed by atoms with van der Waals surface area (Å²) in [6.07, 6.45) is -0.254. The summed E-state index contributed by atoms with van der Waals surface area (Å²) in [7, 11) is 0. The molecule has 1 N–H and O–H groups in total. The number of benzene rings is 2. The molecule has 2 aromatic rings. The molecule has 132 valence electrons. The van der Waals surface area contributed by atoms with E-state index in [2.05, 4.69) is 18.7 Å². The smallest absolute Gasteiger partial charge is 0.259 e. The first kappa shape index (κ1) is 16.5. The molecule has 5 nitrogen and oxygen atoms in total. The third-order valence-electron chi connectivity index (χ3n) is 5.01. The highest BCUT2D eigenvalue weighted by molar-refractivity contribution is 6.25. The molecule has 2 aromatic carbocycles. The summed E-state index contributed by atoms with van der Waals surface area (Å²) in [4.78, 5) is 16.7. The lowest BCUT2D eigenvalue weighted by molar-refractivity contribution is -0.0758. The summed E-state index contributed by atoms with van der Waals surface area (Å²) >= 11 is 0. The van der Waals surface area contributed by atoms with Crippen molar-refractivity contribution in [3.05, 3.63) is 42.0 Å². The van der Waals surface area contributed by atoms with Crippen LogP contribution in [0.25, 0.3) is 10.8 Å². The average molecular weight is 340 g/mol. The van der Waals surface area contributed by atoms with Gasteiger partial charge in [-0.2, -0.15) is 0 Å². The third kappa shape index (κ3) is 3.03. The average Bonchev–Trinajstić information content (AvgIpc) is 2.82. The predicted octanol–water partition coefficient (Wildman–Crippen LogP) is 2.27. The predicted molar refractivity (Wildman–Crippen MR) is 98.1 cm³/mol. The highest BCUT2D eigenvalue weighted by Crippen LogP contribution is 2.37. The van der Waals surface area contributed by atoms with Crippen LogP contribution in [0.15, 0.2) is 36.4 Å². The Morgan fingerprint density at radius 1 is 1.12 bits per heavy atom. The second-order valence-electron chi connectivity index (χ2n) is 7.23. The van der Waals surface area contributed by atoms with Gasteiger partial charge in [0.2, 0.25) is 0 Å². The van der Waals surface area contributed by atoms with Crippen molar-refractivity contribution in [2.45, 2.75) is 32.2 Å². The first-order valence-electron chi connectivity index (χ1n) is 8.92. The van der Waals surface area contributed by atoms with Gasteiger partial charge in [-0.25, -0.2) is 0 Å². The Morgan fingerprint density at radius 2 is 1.80 bits per heavy atom. The van der Waals surface area contributed by atoms with Gasteiger partial charge in [0.25, 0.3) is 5.91 Å². The second kappa shape index (κ2) is 6.41. The van der Waals surface area contributed by atoms with E-state index < -0.39 is 6.10 Å². The van der Waals surface area contributed by atoms with Gasteiger partial charge >= 0.3 is 0 Å². The maximum absolute atomic E-state index is 12.8. The lowest BCUT2D eigenvalue weighted by atomic mass is 10.1. The van der Waals surface area contributed by atoms with E-state index in [1.807, 2.05) is 36.4 Å². The Balaban J connectivity index is 1.50. The summed E-state index contributed by atoms with van der Waals surface area (Å²) in [6, 6.07) is 11.7. The largest absolute Gasteiger partial charge is 0.390 e. The van der Waals surface area contributed by atoms with Crippen molar-refractivity contribution >= 4 is 22.4 Å². The van der Waals surface area contributed by atoms with Crippen molar-refractivity contribution in [2.75, 3.05) is 31.1 Å². The lowest BCUT2D eigenvalue weighted by Gasteiger charge is -2.36. The molecule has 1 amide bonds. The minimum absolute atomic E-state index is 0.0189. The van der Waals surface area contributed by atoms with Crippen molar-refractivity contribution in [3.63, 3.8) is 0 Å². The minimum atomic E-state index is -0.592. The first-order chi connectivity index (χ1) is 12.0. The van der Waals surface area contributed by atoms with Crippen LogP contribution in [0.1, 0.15) is 24.2 Å². The van der Waals surface area contributed by atoms with E-state index in [9.17, 15) is 9.90 Å². The van der Waals surface area contributed by atoms with Crippen molar-refractivity contribution in [1.29, 1.82) is 0 Å². The van der Waals surface area contributed by atoms with Gasteiger partial charge in [0.05, 0.1) is 30.5 Å². The second-order valence-corrected chi connectivity index (χ2v) is 7.23. The Kier molecular flexibility index (Phi) is 4.23.